The van der Waals surface area contributed by atoms with Gasteiger partial charge in [-0.1, -0.05) is 0 Å². The highest BCUT2D eigenvalue weighted by atomic mass is 15.1. The van der Waals surface area contributed by atoms with Gasteiger partial charge in [-0.15, -0.1) is 0 Å². The van der Waals surface area contributed by atoms with E-state index in [-0.39, 0.29) is 5.54 Å². The molecule has 0 aromatic carbocycles. The van der Waals surface area contributed by atoms with Gasteiger partial charge in [0, 0.05) is 24.8 Å². The van der Waals surface area contributed by atoms with Gasteiger partial charge < -0.3 is 14.8 Å². The van der Waals surface area contributed by atoms with Crippen LogP contribution in [0.3, 0.4) is 0 Å². The van der Waals surface area contributed by atoms with Crippen LogP contribution in [0, 0.1) is 5.92 Å². The smallest absolute Gasteiger partial charge is 0.0948 e. The molecule has 2 rings (SSSR count). The van der Waals surface area contributed by atoms with E-state index in [1.165, 1.54) is 38.0 Å². The molecular formula is C16H30N4. The second-order valence-electron chi connectivity index (χ2n) is 7.22. The first-order valence-electron chi connectivity index (χ1n) is 7.86. The molecule has 0 saturated carbocycles. The van der Waals surface area contributed by atoms with Crippen molar-refractivity contribution in [3.63, 3.8) is 0 Å². The standard InChI is InChI=1S/C16H30N4/c1-16(2,3)18-12-15-11-17-13-20(15)10-7-14-5-8-19(4)9-6-14/h11,13-14,18H,5-10,12H2,1-4H3. The van der Waals surface area contributed by atoms with Gasteiger partial charge in [0.1, 0.15) is 0 Å². The minimum Gasteiger partial charge on any atom is -0.333 e. The predicted octanol–water partition coefficient (Wildman–Crippen LogP) is 2.50. The number of aryl methyl sites for hydroxylation is 1. The number of hydrogen-bond acceptors (Lipinski definition) is 3. The third kappa shape index (κ3) is 4.91. The fourth-order valence-electron chi connectivity index (χ4n) is 2.72. The Bertz CT molecular complexity index is 397. The van der Waals surface area contributed by atoms with Crippen LogP contribution in [0.25, 0.3) is 0 Å². The average molecular weight is 278 g/mol. The fraction of sp³-hybridized carbons (Fsp3) is 0.812. The van der Waals surface area contributed by atoms with E-state index in [1.54, 1.807) is 0 Å². The number of aromatic nitrogens is 2. The van der Waals surface area contributed by atoms with Crippen molar-refractivity contribution in [1.82, 2.24) is 19.8 Å². The lowest BCUT2D eigenvalue weighted by Gasteiger charge is -2.29. The number of imidazole rings is 1. The molecule has 0 atom stereocenters. The summed E-state index contributed by atoms with van der Waals surface area (Å²) in [5.41, 5.74) is 1.45. The number of likely N-dealkylation sites (tertiary alicyclic amines) is 1. The molecule has 0 radical (unpaired) electrons. The van der Waals surface area contributed by atoms with Crippen molar-refractivity contribution >= 4 is 0 Å². The molecule has 1 N–H and O–H groups in total. The van der Waals surface area contributed by atoms with Crippen LogP contribution in [0.5, 0.6) is 0 Å². The molecular weight excluding hydrogens is 248 g/mol. The molecule has 4 nitrogen and oxygen atoms in total. The summed E-state index contributed by atoms with van der Waals surface area (Å²) in [7, 11) is 2.22. The molecule has 1 saturated heterocycles. The molecule has 1 aromatic rings. The third-order valence-corrected chi connectivity index (χ3v) is 4.21. The fourth-order valence-corrected chi connectivity index (χ4v) is 2.72. The first-order valence-corrected chi connectivity index (χ1v) is 7.86. The molecule has 0 aliphatic carbocycles. The summed E-state index contributed by atoms with van der Waals surface area (Å²) in [6.45, 7) is 11.1. The van der Waals surface area contributed by atoms with Gasteiger partial charge in [0.2, 0.25) is 0 Å². The molecule has 0 unspecified atom stereocenters. The van der Waals surface area contributed by atoms with E-state index in [4.69, 9.17) is 0 Å². The van der Waals surface area contributed by atoms with Gasteiger partial charge in [0.25, 0.3) is 0 Å². The Morgan fingerprint density at radius 3 is 2.65 bits per heavy atom. The maximum Gasteiger partial charge on any atom is 0.0948 e. The van der Waals surface area contributed by atoms with Crippen LogP contribution < -0.4 is 5.32 Å². The number of nitrogens with zero attached hydrogens (tertiary/aromatic N) is 3. The highest BCUT2D eigenvalue weighted by Gasteiger charge is 2.17. The largest absolute Gasteiger partial charge is 0.333 e. The van der Waals surface area contributed by atoms with Gasteiger partial charge in [-0.25, -0.2) is 4.98 Å². The summed E-state index contributed by atoms with van der Waals surface area (Å²) >= 11 is 0. The summed E-state index contributed by atoms with van der Waals surface area (Å²) in [5, 5.41) is 3.54. The van der Waals surface area contributed by atoms with Crippen molar-refractivity contribution < 1.29 is 0 Å². The molecule has 1 aromatic heterocycles. The predicted molar refractivity (Wildman–Crippen MR) is 83.7 cm³/mol. The van der Waals surface area contributed by atoms with Crippen molar-refractivity contribution in [3.8, 4) is 0 Å². The zero-order chi connectivity index (χ0) is 14.6. The molecule has 0 spiro atoms. The minimum atomic E-state index is 0.156. The van der Waals surface area contributed by atoms with E-state index >= 15 is 0 Å². The summed E-state index contributed by atoms with van der Waals surface area (Å²) in [4.78, 5) is 6.75. The highest BCUT2D eigenvalue weighted by molar-refractivity contribution is 4.99. The van der Waals surface area contributed by atoms with Crippen LogP contribution in [0.15, 0.2) is 12.5 Å². The third-order valence-electron chi connectivity index (χ3n) is 4.21. The van der Waals surface area contributed by atoms with Crippen LogP contribution in [-0.4, -0.2) is 40.1 Å². The van der Waals surface area contributed by atoms with Gasteiger partial charge >= 0.3 is 0 Å². The Kier molecular flexibility index (Phi) is 5.22. The quantitative estimate of drug-likeness (QED) is 0.898. The van der Waals surface area contributed by atoms with Gasteiger partial charge in [-0.05, 0) is 66.1 Å². The first-order chi connectivity index (χ1) is 9.44. The topological polar surface area (TPSA) is 33.1 Å². The molecule has 1 fully saturated rings. The number of piperidine rings is 1. The monoisotopic (exact) mass is 278 g/mol. The highest BCUT2D eigenvalue weighted by Crippen LogP contribution is 2.20. The molecule has 114 valence electrons. The number of hydrogen-bond donors (Lipinski definition) is 1. The van der Waals surface area contributed by atoms with Gasteiger partial charge in [-0.3, -0.25) is 0 Å². The Balaban J connectivity index is 1.80. The summed E-state index contributed by atoms with van der Waals surface area (Å²) in [6.07, 6.45) is 7.95. The lowest BCUT2D eigenvalue weighted by molar-refractivity contribution is 0.207. The summed E-state index contributed by atoms with van der Waals surface area (Å²) < 4.78 is 2.32. The van der Waals surface area contributed by atoms with Crippen molar-refractivity contribution in [1.29, 1.82) is 0 Å². The van der Waals surface area contributed by atoms with Crippen molar-refractivity contribution in [2.75, 3.05) is 20.1 Å². The molecule has 0 amide bonds. The van der Waals surface area contributed by atoms with Gasteiger partial charge in [0.15, 0.2) is 0 Å². The molecule has 4 heteroatoms. The van der Waals surface area contributed by atoms with Crippen molar-refractivity contribution in [2.45, 2.75) is 58.7 Å². The zero-order valence-electron chi connectivity index (χ0n) is 13.5. The molecule has 1 aliphatic heterocycles. The number of nitrogens with one attached hydrogen (secondary N) is 1. The molecule has 2 heterocycles. The van der Waals surface area contributed by atoms with E-state index < -0.39 is 0 Å². The minimum absolute atomic E-state index is 0.156. The van der Waals surface area contributed by atoms with E-state index in [0.29, 0.717) is 0 Å². The second kappa shape index (κ2) is 6.72. The van der Waals surface area contributed by atoms with E-state index in [9.17, 15) is 0 Å². The van der Waals surface area contributed by atoms with Crippen molar-refractivity contribution in [3.05, 3.63) is 18.2 Å². The summed E-state index contributed by atoms with van der Waals surface area (Å²) in [6, 6.07) is 0. The molecule has 1 aliphatic rings. The first kappa shape index (κ1) is 15.5. The maximum atomic E-state index is 4.31. The second-order valence-corrected chi connectivity index (χ2v) is 7.22. The summed E-state index contributed by atoms with van der Waals surface area (Å²) in [5.74, 6) is 0.886. The van der Waals surface area contributed by atoms with Crippen LogP contribution in [0.4, 0.5) is 0 Å². The number of rotatable bonds is 5. The van der Waals surface area contributed by atoms with Crippen LogP contribution in [0.2, 0.25) is 0 Å². The van der Waals surface area contributed by atoms with Gasteiger partial charge in [0.05, 0.1) is 12.0 Å². The Morgan fingerprint density at radius 1 is 1.30 bits per heavy atom. The SMILES string of the molecule is CN1CCC(CCn2cncc2CNC(C)(C)C)CC1. The Labute approximate surface area is 123 Å². The molecule has 20 heavy (non-hydrogen) atoms. The van der Waals surface area contributed by atoms with E-state index in [1.807, 2.05) is 12.5 Å². The van der Waals surface area contributed by atoms with E-state index in [0.717, 1.165) is 19.0 Å². The lowest BCUT2D eigenvalue weighted by Crippen LogP contribution is -2.35. The maximum absolute atomic E-state index is 4.31. The lowest BCUT2D eigenvalue weighted by atomic mass is 9.94. The van der Waals surface area contributed by atoms with E-state index in [2.05, 4.69) is 47.6 Å². The zero-order valence-corrected chi connectivity index (χ0v) is 13.5. The molecule has 0 bridgehead atoms. The van der Waals surface area contributed by atoms with Crippen molar-refractivity contribution in [2.24, 2.45) is 5.92 Å². The van der Waals surface area contributed by atoms with Crippen LogP contribution >= 0.6 is 0 Å². The van der Waals surface area contributed by atoms with Gasteiger partial charge in [-0.2, -0.15) is 0 Å². The van der Waals surface area contributed by atoms with Crippen LogP contribution in [-0.2, 0) is 13.1 Å². The van der Waals surface area contributed by atoms with Crippen LogP contribution in [0.1, 0.15) is 45.7 Å². The average Bonchev–Trinajstić information content (AvgIpc) is 2.82. The Hall–Kier alpha value is -0.870. The normalized spacial score (nSPS) is 18.6. The Morgan fingerprint density at radius 2 is 2.00 bits per heavy atom.